The fourth-order valence-electron chi connectivity index (χ4n) is 4.50. The van der Waals surface area contributed by atoms with Crippen molar-refractivity contribution in [2.75, 3.05) is 19.1 Å². The number of carbonyl (C=O) groups is 2. The molecule has 1 fully saturated rings. The van der Waals surface area contributed by atoms with Crippen molar-refractivity contribution >= 4 is 34.0 Å². The second kappa shape index (κ2) is 8.57. The molecule has 5 rings (SSSR count). The number of fused-ring (bicyclic) bond motifs is 1. The molecule has 35 heavy (non-hydrogen) atoms. The van der Waals surface area contributed by atoms with Gasteiger partial charge in [0.05, 0.1) is 37.1 Å². The molecule has 1 unspecified atom stereocenters. The third-order valence-corrected chi connectivity index (χ3v) is 6.17. The Bertz CT molecular complexity index is 1500. The lowest BCUT2D eigenvalue weighted by atomic mass is 9.94. The van der Waals surface area contributed by atoms with E-state index < -0.39 is 23.5 Å². The highest BCUT2D eigenvalue weighted by molar-refractivity contribution is 6.52. The number of carbonyl (C=O) groups excluding carboxylic acids is 2. The predicted octanol–water partition coefficient (Wildman–Crippen LogP) is 4.52. The first-order valence-corrected chi connectivity index (χ1v) is 10.8. The Morgan fingerprint density at radius 3 is 2.46 bits per heavy atom. The summed E-state index contributed by atoms with van der Waals surface area (Å²) in [7, 11) is 2.94. The first-order valence-electron chi connectivity index (χ1n) is 10.8. The number of amides is 1. The van der Waals surface area contributed by atoms with E-state index in [0.717, 1.165) is 10.9 Å². The largest absolute Gasteiger partial charge is 0.507 e. The number of aromatic hydroxyl groups is 1. The molecule has 0 saturated carbocycles. The van der Waals surface area contributed by atoms with Gasteiger partial charge in [0.2, 0.25) is 0 Å². The Morgan fingerprint density at radius 2 is 1.71 bits per heavy atom. The number of H-pyrrole nitrogens is 1. The number of hydrogen-bond acceptors (Lipinski definition) is 6. The highest BCUT2D eigenvalue weighted by Gasteiger charge is 2.48. The van der Waals surface area contributed by atoms with Crippen LogP contribution in [0, 0.1) is 0 Å². The van der Waals surface area contributed by atoms with Gasteiger partial charge < -0.3 is 24.7 Å². The van der Waals surface area contributed by atoms with Crippen LogP contribution in [-0.2, 0) is 9.59 Å². The van der Waals surface area contributed by atoms with Crippen LogP contribution in [-0.4, -0.2) is 41.1 Å². The molecule has 8 heteroatoms. The van der Waals surface area contributed by atoms with E-state index in [1.165, 1.54) is 25.2 Å². The van der Waals surface area contributed by atoms with Crippen molar-refractivity contribution in [3.8, 4) is 17.2 Å². The van der Waals surface area contributed by atoms with E-state index in [2.05, 4.69) is 4.98 Å². The van der Waals surface area contributed by atoms with Crippen LogP contribution in [0.4, 0.5) is 5.69 Å². The molecule has 1 aromatic heterocycles. The molecule has 2 heterocycles. The Labute approximate surface area is 200 Å². The van der Waals surface area contributed by atoms with Gasteiger partial charge in [-0.15, -0.1) is 0 Å². The standard InChI is InChI=1S/C27H22N2O6/c1-34-15-11-12-17(22(13-15)35-2)25(31)23-24(18-14-28-19-8-4-3-7-16(18)19)29(27(33)26(23)32)20-9-5-6-10-21(20)30/h3-14,24,28,30-31H,1-2H3/b25-23+. The lowest BCUT2D eigenvalue weighted by Crippen LogP contribution is -2.29. The number of phenols is 1. The van der Waals surface area contributed by atoms with Gasteiger partial charge in [-0.05, 0) is 30.3 Å². The lowest BCUT2D eigenvalue weighted by Gasteiger charge is -2.25. The van der Waals surface area contributed by atoms with Crippen LogP contribution in [0.15, 0.2) is 78.5 Å². The van der Waals surface area contributed by atoms with Crippen LogP contribution < -0.4 is 14.4 Å². The summed E-state index contributed by atoms with van der Waals surface area (Å²) < 4.78 is 10.7. The summed E-state index contributed by atoms with van der Waals surface area (Å²) in [6.07, 6.45) is 1.70. The van der Waals surface area contributed by atoms with Crippen LogP contribution in [0.2, 0.25) is 0 Å². The number of benzene rings is 3. The molecule has 3 aromatic carbocycles. The zero-order valence-corrected chi connectivity index (χ0v) is 19.0. The number of para-hydroxylation sites is 3. The van der Waals surface area contributed by atoms with Crippen molar-refractivity contribution in [2.24, 2.45) is 0 Å². The first-order chi connectivity index (χ1) is 17.0. The Balaban J connectivity index is 1.80. The molecule has 8 nitrogen and oxygen atoms in total. The van der Waals surface area contributed by atoms with Gasteiger partial charge in [-0.1, -0.05) is 30.3 Å². The van der Waals surface area contributed by atoms with Gasteiger partial charge in [-0.3, -0.25) is 14.5 Å². The van der Waals surface area contributed by atoms with E-state index in [4.69, 9.17) is 9.47 Å². The molecular weight excluding hydrogens is 448 g/mol. The molecule has 1 aliphatic heterocycles. The minimum absolute atomic E-state index is 0.119. The highest BCUT2D eigenvalue weighted by atomic mass is 16.5. The Kier molecular flexibility index (Phi) is 5.41. The van der Waals surface area contributed by atoms with E-state index in [9.17, 15) is 19.8 Å². The monoisotopic (exact) mass is 470 g/mol. The molecule has 3 N–H and O–H groups in total. The van der Waals surface area contributed by atoms with E-state index in [1.54, 1.807) is 42.6 Å². The molecule has 0 aliphatic carbocycles. The third kappa shape index (κ3) is 3.47. The molecule has 1 saturated heterocycles. The van der Waals surface area contributed by atoms with Crippen molar-refractivity contribution in [2.45, 2.75) is 6.04 Å². The minimum atomic E-state index is -1.01. The predicted molar refractivity (Wildman–Crippen MR) is 131 cm³/mol. The quantitative estimate of drug-likeness (QED) is 0.225. The van der Waals surface area contributed by atoms with Gasteiger partial charge in [0.25, 0.3) is 11.7 Å². The molecule has 0 spiro atoms. The number of rotatable bonds is 5. The number of nitrogens with one attached hydrogen (secondary N) is 1. The Hall–Kier alpha value is -4.72. The average Bonchev–Trinajstić information content (AvgIpc) is 3.42. The SMILES string of the molecule is COc1ccc(/C(O)=C2\C(=O)C(=O)N(c3ccccc3O)C2c2c[nH]c3ccccc23)c(OC)c1. The topological polar surface area (TPSA) is 112 Å². The van der Waals surface area contributed by atoms with Crippen LogP contribution in [0.1, 0.15) is 17.2 Å². The molecular formula is C27H22N2O6. The molecule has 1 atom stereocenters. The number of hydrogen-bond donors (Lipinski definition) is 3. The fraction of sp³-hybridized carbons (Fsp3) is 0.111. The number of aliphatic hydroxyl groups is 1. The van der Waals surface area contributed by atoms with Crippen LogP contribution in [0.5, 0.6) is 17.2 Å². The van der Waals surface area contributed by atoms with Crippen molar-refractivity contribution in [3.05, 3.63) is 89.6 Å². The number of anilines is 1. The van der Waals surface area contributed by atoms with Crippen LogP contribution in [0.25, 0.3) is 16.7 Å². The van der Waals surface area contributed by atoms with Gasteiger partial charge in [-0.25, -0.2) is 0 Å². The van der Waals surface area contributed by atoms with Gasteiger partial charge in [0, 0.05) is 28.7 Å². The normalized spacial score (nSPS) is 17.2. The average molecular weight is 470 g/mol. The van der Waals surface area contributed by atoms with Crippen molar-refractivity contribution < 1.29 is 29.3 Å². The number of nitrogens with zero attached hydrogens (tertiary/aromatic N) is 1. The summed E-state index contributed by atoms with van der Waals surface area (Å²) in [6, 6.07) is 17.5. The molecule has 0 bridgehead atoms. The van der Waals surface area contributed by atoms with Gasteiger partial charge in [0.15, 0.2) is 0 Å². The van der Waals surface area contributed by atoms with Crippen molar-refractivity contribution in [1.29, 1.82) is 0 Å². The number of phenolic OH excluding ortho intramolecular Hbond substituents is 1. The van der Waals surface area contributed by atoms with E-state index in [0.29, 0.717) is 11.3 Å². The molecule has 1 amide bonds. The summed E-state index contributed by atoms with van der Waals surface area (Å²) in [5.74, 6) is -1.53. The maximum atomic E-state index is 13.4. The number of methoxy groups -OCH3 is 2. The summed E-state index contributed by atoms with van der Waals surface area (Å²) in [6.45, 7) is 0. The number of ketones is 1. The number of aliphatic hydroxyl groups excluding tert-OH is 1. The number of Topliss-reactive ketones (excluding diaryl/α,β-unsaturated/α-hetero) is 1. The summed E-state index contributed by atoms with van der Waals surface area (Å²) in [5.41, 5.74) is 1.66. The minimum Gasteiger partial charge on any atom is -0.507 e. The number of ether oxygens (including phenoxy) is 2. The van der Waals surface area contributed by atoms with E-state index >= 15 is 0 Å². The highest BCUT2D eigenvalue weighted by Crippen LogP contribution is 2.47. The summed E-state index contributed by atoms with van der Waals surface area (Å²) in [5, 5.41) is 22.8. The van der Waals surface area contributed by atoms with Crippen molar-refractivity contribution in [1.82, 2.24) is 4.98 Å². The Morgan fingerprint density at radius 1 is 0.971 bits per heavy atom. The number of aromatic amines is 1. The van der Waals surface area contributed by atoms with E-state index in [1.807, 2.05) is 24.3 Å². The molecule has 1 aliphatic rings. The zero-order chi connectivity index (χ0) is 24.7. The van der Waals surface area contributed by atoms with Gasteiger partial charge >= 0.3 is 0 Å². The van der Waals surface area contributed by atoms with Crippen molar-refractivity contribution in [3.63, 3.8) is 0 Å². The molecule has 0 radical (unpaired) electrons. The first kappa shape index (κ1) is 22.1. The number of aromatic nitrogens is 1. The van der Waals surface area contributed by atoms with Gasteiger partial charge in [0.1, 0.15) is 23.0 Å². The molecule has 176 valence electrons. The fourth-order valence-corrected chi connectivity index (χ4v) is 4.50. The second-order valence-corrected chi connectivity index (χ2v) is 8.01. The second-order valence-electron chi connectivity index (χ2n) is 8.01. The van der Waals surface area contributed by atoms with Crippen LogP contribution >= 0.6 is 0 Å². The molecule has 4 aromatic rings. The maximum absolute atomic E-state index is 13.4. The smallest absolute Gasteiger partial charge is 0.300 e. The van der Waals surface area contributed by atoms with Gasteiger partial charge in [-0.2, -0.15) is 0 Å². The van der Waals surface area contributed by atoms with E-state index in [-0.39, 0.29) is 28.3 Å². The summed E-state index contributed by atoms with van der Waals surface area (Å²) in [4.78, 5) is 31.2. The summed E-state index contributed by atoms with van der Waals surface area (Å²) >= 11 is 0. The van der Waals surface area contributed by atoms with Crippen LogP contribution in [0.3, 0.4) is 0 Å². The maximum Gasteiger partial charge on any atom is 0.300 e. The lowest BCUT2D eigenvalue weighted by molar-refractivity contribution is -0.132. The third-order valence-electron chi connectivity index (χ3n) is 6.17. The zero-order valence-electron chi connectivity index (χ0n) is 19.0.